The predicted molar refractivity (Wildman–Crippen MR) is 108 cm³/mol. The number of H-pyrrole nitrogens is 1. The van der Waals surface area contributed by atoms with Crippen LogP contribution < -0.4 is 10.1 Å². The Morgan fingerprint density at radius 1 is 1.31 bits per heavy atom. The van der Waals surface area contributed by atoms with Gasteiger partial charge in [-0.1, -0.05) is 32.4 Å². The lowest BCUT2D eigenvalue weighted by Crippen LogP contribution is -2.53. The van der Waals surface area contributed by atoms with Crippen molar-refractivity contribution < 1.29 is 19.1 Å². The molecule has 1 unspecified atom stereocenters. The highest BCUT2D eigenvalue weighted by atomic mass is 16.5. The van der Waals surface area contributed by atoms with Crippen LogP contribution in [0.2, 0.25) is 0 Å². The second-order valence-electron chi connectivity index (χ2n) is 7.22. The number of hydrogen-bond donors (Lipinski definition) is 2. The second-order valence-corrected chi connectivity index (χ2v) is 7.22. The molecule has 0 saturated heterocycles. The third-order valence-electron chi connectivity index (χ3n) is 5.56. The van der Waals surface area contributed by atoms with Gasteiger partial charge in [0, 0.05) is 18.7 Å². The van der Waals surface area contributed by atoms with E-state index in [0.29, 0.717) is 13.0 Å². The van der Waals surface area contributed by atoms with E-state index < -0.39 is 12.0 Å². The topological polar surface area (TPSA) is 96.5 Å². The van der Waals surface area contributed by atoms with E-state index in [1.54, 1.807) is 18.3 Å². The van der Waals surface area contributed by atoms with Crippen molar-refractivity contribution >= 4 is 12.0 Å². The molecule has 2 heterocycles. The number of imidazole rings is 1. The molecule has 2 N–H and O–H groups in total. The molecule has 1 aliphatic rings. The van der Waals surface area contributed by atoms with Crippen LogP contribution in [0.25, 0.3) is 0 Å². The van der Waals surface area contributed by atoms with Crippen LogP contribution >= 0.6 is 0 Å². The molecule has 2 aromatic rings. The summed E-state index contributed by atoms with van der Waals surface area (Å²) in [4.78, 5) is 34.8. The molecule has 8 heteroatoms. The Hall–Kier alpha value is -3.03. The summed E-state index contributed by atoms with van der Waals surface area (Å²) in [6.07, 6.45) is 3.06. The lowest BCUT2D eigenvalue weighted by Gasteiger charge is -2.36. The van der Waals surface area contributed by atoms with Gasteiger partial charge in [0.05, 0.1) is 26.2 Å². The molecule has 1 aromatic carbocycles. The minimum absolute atomic E-state index is 0.0448. The van der Waals surface area contributed by atoms with Crippen LogP contribution in [0.3, 0.4) is 0 Å². The molecule has 0 spiro atoms. The van der Waals surface area contributed by atoms with Gasteiger partial charge in [0.15, 0.2) is 0 Å². The smallest absolute Gasteiger partial charge is 0.328 e. The van der Waals surface area contributed by atoms with Crippen molar-refractivity contribution in [2.45, 2.75) is 38.8 Å². The molecule has 2 amide bonds. The van der Waals surface area contributed by atoms with Gasteiger partial charge in [-0.3, -0.25) is 0 Å². The van der Waals surface area contributed by atoms with Gasteiger partial charge in [-0.15, -0.1) is 0 Å². The molecular formula is C21H28N4O4. The fourth-order valence-electron chi connectivity index (χ4n) is 3.63. The summed E-state index contributed by atoms with van der Waals surface area (Å²) < 4.78 is 10.2. The number of fused-ring (bicyclic) bond motifs is 1. The van der Waals surface area contributed by atoms with Crippen LogP contribution in [-0.2, 0) is 16.0 Å². The van der Waals surface area contributed by atoms with E-state index >= 15 is 0 Å². The Labute approximate surface area is 170 Å². The molecule has 1 aliphatic heterocycles. The van der Waals surface area contributed by atoms with Crippen LogP contribution in [0.4, 0.5) is 4.79 Å². The molecule has 0 fully saturated rings. The summed E-state index contributed by atoms with van der Waals surface area (Å²) in [6, 6.07) is 6.22. The number of esters is 1. The summed E-state index contributed by atoms with van der Waals surface area (Å²) in [7, 11) is 2.95. The summed E-state index contributed by atoms with van der Waals surface area (Å²) in [6.45, 7) is 4.40. The lowest BCUT2D eigenvalue weighted by atomic mass is 9.95. The number of aromatic amines is 1. The van der Waals surface area contributed by atoms with Gasteiger partial charge in [-0.2, -0.15) is 0 Å². The third-order valence-corrected chi connectivity index (χ3v) is 5.56. The van der Waals surface area contributed by atoms with E-state index in [2.05, 4.69) is 15.3 Å². The van der Waals surface area contributed by atoms with E-state index in [-0.39, 0.29) is 18.0 Å². The van der Waals surface area contributed by atoms with Crippen molar-refractivity contribution in [2.24, 2.45) is 5.92 Å². The van der Waals surface area contributed by atoms with Crippen molar-refractivity contribution in [2.75, 3.05) is 20.8 Å². The lowest BCUT2D eigenvalue weighted by molar-refractivity contribution is -0.144. The minimum atomic E-state index is -0.699. The van der Waals surface area contributed by atoms with E-state index in [1.165, 1.54) is 7.11 Å². The zero-order valence-electron chi connectivity index (χ0n) is 17.3. The van der Waals surface area contributed by atoms with Gasteiger partial charge in [0.1, 0.15) is 17.8 Å². The number of urea groups is 1. The highest BCUT2D eigenvalue weighted by molar-refractivity contribution is 5.84. The SMILES string of the molecule is CC[C@@H](C)[C@H](NC(=O)N1CCc2[nH]cnc2C1c1ccc(OC)cc1)C(=O)OC. The first-order valence-electron chi connectivity index (χ1n) is 9.81. The van der Waals surface area contributed by atoms with Gasteiger partial charge in [-0.05, 0) is 23.6 Å². The molecule has 29 heavy (non-hydrogen) atoms. The number of ether oxygens (including phenoxy) is 2. The van der Waals surface area contributed by atoms with E-state index in [9.17, 15) is 9.59 Å². The van der Waals surface area contributed by atoms with Crippen molar-refractivity contribution in [1.82, 2.24) is 20.2 Å². The van der Waals surface area contributed by atoms with Crippen LogP contribution in [-0.4, -0.2) is 53.7 Å². The van der Waals surface area contributed by atoms with Gasteiger partial charge < -0.3 is 24.7 Å². The van der Waals surface area contributed by atoms with Crippen LogP contribution in [0.1, 0.15) is 43.3 Å². The molecule has 3 atom stereocenters. The number of benzene rings is 1. The molecule has 1 aromatic heterocycles. The number of methoxy groups -OCH3 is 2. The average molecular weight is 400 g/mol. The Kier molecular flexibility index (Phi) is 6.41. The molecule has 0 radical (unpaired) electrons. The van der Waals surface area contributed by atoms with Crippen molar-refractivity contribution in [3.8, 4) is 5.75 Å². The van der Waals surface area contributed by atoms with Gasteiger partial charge in [0.25, 0.3) is 0 Å². The molecule has 0 bridgehead atoms. The molecular weight excluding hydrogens is 372 g/mol. The predicted octanol–water partition coefficient (Wildman–Crippen LogP) is 2.66. The fraction of sp³-hybridized carbons (Fsp3) is 0.476. The van der Waals surface area contributed by atoms with Crippen LogP contribution in [0.15, 0.2) is 30.6 Å². The number of aromatic nitrogens is 2. The van der Waals surface area contributed by atoms with Crippen molar-refractivity contribution in [3.05, 3.63) is 47.5 Å². The summed E-state index contributed by atoms with van der Waals surface area (Å²) in [5.74, 6) is 0.257. The van der Waals surface area contributed by atoms with Crippen molar-refractivity contribution in [3.63, 3.8) is 0 Å². The number of carbonyl (C=O) groups excluding carboxylic acids is 2. The standard InChI is InChI=1S/C21H28N4O4/c1-5-13(2)17(20(26)29-4)24-21(27)25-11-10-16-18(23-12-22-16)19(25)14-6-8-15(28-3)9-7-14/h6-9,12-13,17,19H,5,10-11H2,1-4H3,(H,22,23)(H,24,27)/t13-,17+,19?/m1/s1. The Bertz CT molecular complexity index is 849. The third kappa shape index (κ3) is 4.21. The highest BCUT2D eigenvalue weighted by Crippen LogP contribution is 2.34. The number of hydrogen-bond acceptors (Lipinski definition) is 5. The molecule has 8 nitrogen and oxygen atoms in total. The second kappa shape index (κ2) is 8.98. The van der Waals surface area contributed by atoms with Crippen LogP contribution in [0.5, 0.6) is 5.75 Å². The van der Waals surface area contributed by atoms with E-state index in [4.69, 9.17) is 9.47 Å². The number of rotatable bonds is 6. The Balaban J connectivity index is 1.91. The van der Waals surface area contributed by atoms with Crippen LogP contribution in [0, 0.1) is 5.92 Å². The minimum Gasteiger partial charge on any atom is -0.497 e. The first-order valence-corrected chi connectivity index (χ1v) is 9.81. The summed E-state index contributed by atoms with van der Waals surface area (Å²) in [5.41, 5.74) is 2.75. The molecule has 156 valence electrons. The van der Waals surface area contributed by atoms with E-state index in [1.807, 2.05) is 38.1 Å². The molecule has 0 aliphatic carbocycles. The fourth-order valence-corrected chi connectivity index (χ4v) is 3.63. The average Bonchev–Trinajstić information content (AvgIpc) is 3.24. The molecule has 0 saturated carbocycles. The number of carbonyl (C=O) groups is 2. The monoisotopic (exact) mass is 400 g/mol. The van der Waals surface area contributed by atoms with E-state index in [0.717, 1.165) is 29.1 Å². The number of amides is 2. The summed E-state index contributed by atoms with van der Waals surface area (Å²) >= 11 is 0. The first kappa shape index (κ1) is 20.7. The Morgan fingerprint density at radius 2 is 2.03 bits per heavy atom. The quantitative estimate of drug-likeness (QED) is 0.727. The maximum atomic E-state index is 13.2. The highest BCUT2D eigenvalue weighted by Gasteiger charge is 2.36. The van der Waals surface area contributed by atoms with Gasteiger partial charge in [-0.25, -0.2) is 14.6 Å². The zero-order valence-corrected chi connectivity index (χ0v) is 17.3. The molecule has 3 rings (SSSR count). The number of nitrogens with zero attached hydrogens (tertiary/aromatic N) is 2. The van der Waals surface area contributed by atoms with Crippen molar-refractivity contribution in [1.29, 1.82) is 0 Å². The maximum Gasteiger partial charge on any atom is 0.328 e. The largest absolute Gasteiger partial charge is 0.497 e. The normalized spacial score (nSPS) is 17.8. The summed E-state index contributed by atoms with van der Waals surface area (Å²) in [5, 5.41) is 2.88. The van der Waals surface area contributed by atoms with Gasteiger partial charge >= 0.3 is 12.0 Å². The van der Waals surface area contributed by atoms with Gasteiger partial charge in [0.2, 0.25) is 0 Å². The maximum absolute atomic E-state index is 13.2. The number of nitrogens with one attached hydrogen (secondary N) is 2. The first-order chi connectivity index (χ1) is 14.0. The Morgan fingerprint density at radius 3 is 2.66 bits per heavy atom. The zero-order chi connectivity index (χ0) is 21.0.